The van der Waals surface area contributed by atoms with Gasteiger partial charge in [0.2, 0.25) is 5.91 Å². The molecule has 0 bridgehead atoms. The van der Waals surface area contributed by atoms with Crippen LogP contribution in [0.15, 0.2) is 23.0 Å². The summed E-state index contributed by atoms with van der Waals surface area (Å²) in [4.78, 5) is 24.7. The Bertz CT molecular complexity index is 802. The van der Waals surface area contributed by atoms with Gasteiger partial charge in [0.1, 0.15) is 23.9 Å². The number of ether oxygens (including phenoxy) is 2. The Labute approximate surface area is 145 Å². The number of carbonyl (C=O) groups is 1. The maximum atomic E-state index is 12.4. The van der Waals surface area contributed by atoms with E-state index in [1.807, 2.05) is 0 Å². The maximum Gasteiger partial charge on any atom is 0.346 e. The largest absolute Gasteiger partial charge is 0.497 e. The normalized spacial score (nSPS) is 13.7. The van der Waals surface area contributed by atoms with Gasteiger partial charge in [0.05, 0.1) is 14.2 Å². The van der Waals surface area contributed by atoms with E-state index in [0.717, 1.165) is 31.5 Å². The summed E-state index contributed by atoms with van der Waals surface area (Å²) in [7, 11) is 3.08. The van der Waals surface area contributed by atoms with Crippen molar-refractivity contribution in [2.75, 3.05) is 19.5 Å². The Kier molecular flexibility index (Phi) is 5.06. The average molecular weight is 346 g/mol. The molecule has 1 aromatic heterocycles. The molecule has 0 atom stereocenters. The fraction of sp³-hybridized carbons (Fsp3) is 0.471. The topological polar surface area (TPSA) is 87.4 Å². The molecule has 1 aromatic carbocycles. The molecule has 2 heterocycles. The lowest BCUT2D eigenvalue weighted by molar-refractivity contribution is -0.117. The van der Waals surface area contributed by atoms with E-state index in [9.17, 15) is 9.59 Å². The molecule has 1 aliphatic heterocycles. The molecular formula is C17H22N4O4. The third kappa shape index (κ3) is 3.84. The third-order valence-corrected chi connectivity index (χ3v) is 4.21. The summed E-state index contributed by atoms with van der Waals surface area (Å²) in [5.41, 5.74) is 0.310. The average Bonchev–Trinajstić information content (AvgIpc) is 2.78. The highest BCUT2D eigenvalue weighted by molar-refractivity contribution is 5.90. The zero-order chi connectivity index (χ0) is 17.8. The highest BCUT2D eigenvalue weighted by Crippen LogP contribution is 2.25. The van der Waals surface area contributed by atoms with Gasteiger partial charge in [0.25, 0.3) is 0 Å². The van der Waals surface area contributed by atoms with Crippen LogP contribution in [0.25, 0.3) is 0 Å². The number of aromatic nitrogens is 3. The Morgan fingerprint density at radius 1 is 1.16 bits per heavy atom. The van der Waals surface area contributed by atoms with E-state index in [0.29, 0.717) is 23.7 Å². The molecule has 2 aromatic rings. The van der Waals surface area contributed by atoms with Crippen LogP contribution in [0.2, 0.25) is 0 Å². The Morgan fingerprint density at radius 2 is 1.88 bits per heavy atom. The van der Waals surface area contributed by atoms with Crippen LogP contribution in [-0.4, -0.2) is 34.5 Å². The number of fused-ring (bicyclic) bond motifs is 1. The summed E-state index contributed by atoms with van der Waals surface area (Å²) >= 11 is 0. The summed E-state index contributed by atoms with van der Waals surface area (Å²) in [5, 5.41) is 7.07. The molecule has 1 N–H and O–H groups in total. The molecule has 8 nitrogen and oxygen atoms in total. The van der Waals surface area contributed by atoms with Crippen LogP contribution in [-0.2, 0) is 24.3 Å². The standard InChI is InChI=1S/C17H22N4O4/c1-24-13-8-12(9-14(10-13)25-2)18-16(22)11-21-17(23)20-7-5-3-4-6-15(20)19-21/h8-10H,3-7,11H2,1-2H3,(H,18,22). The van der Waals surface area contributed by atoms with E-state index < -0.39 is 0 Å². The Morgan fingerprint density at radius 3 is 2.56 bits per heavy atom. The molecule has 0 fully saturated rings. The van der Waals surface area contributed by atoms with Crippen LogP contribution in [0.3, 0.4) is 0 Å². The zero-order valence-corrected chi connectivity index (χ0v) is 14.4. The fourth-order valence-electron chi connectivity index (χ4n) is 2.94. The number of amides is 1. The van der Waals surface area contributed by atoms with Crippen molar-refractivity contribution in [2.24, 2.45) is 0 Å². The fourth-order valence-corrected chi connectivity index (χ4v) is 2.94. The van der Waals surface area contributed by atoms with Gasteiger partial charge in [0.15, 0.2) is 0 Å². The summed E-state index contributed by atoms with van der Waals surface area (Å²) in [6.07, 6.45) is 3.86. The van der Waals surface area contributed by atoms with E-state index in [-0.39, 0.29) is 18.1 Å². The lowest BCUT2D eigenvalue weighted by atomic mass is 10.2. The lowest BCUT2D eigenvalue weighted by Gasteiger charge is -2.09. The van der Waals surface area contributed by atoms with Crippen LogP contribution < -0.4 is 20.5 Å². The van der Waals surface area contributed by atoms with Crippen LogP contribution in [0.5, 0.6) is 11.5 Å². The SMILES string of the molecule is COc1cc(NC(=O)Cn2nc3n(c2=O)CCCCC3)cc(OC)c1. The Balaban J connectivity index is 1.74. The zero-order valence-electron chi connectivity index (χ0n) is 14.4. The quantitative estimate of drug-likeness (QED) is 0.885. The van der Waals surface area contributed by atoms with Gasteiger partial charge in [-0.2, -0.15) is 5.10 Å². The number of nitrogens with one attached hydrogen (secondary N) is 1. The third-order valence-electron chi connectivity index (χ3n) is 4.21. The molecule has 0 saturated carbocycles. The molecule has 1 aliphatic rings. The number of nitrogens with zero attached hydrogens (tertiary/aromatic N) is 3. The summed E-state index contributed by atoms with van der Waals surface area (Å²) in [6, 6.07) is 5.09. The predicted molar refractivity (Wildman–Crippen MR) is 92.2 cm³/mol. The van der Waals surface area contributed by atoms with Gasteiger partial charge < -0.3 is 14.8 Å². The first-order valence-electron chi connectivity index (χ1n) is 8.30. The van der Waals surface area contributed by atoms with Crippen molar-refractivity contribution in [2.45, 2.75) is 38.8 Å². The molecule has 3 rings (SSSR count). The van der Waals surface area contributed by atoms with Crippen LogP contribution in [0.4, 0.5) is 5.69 Å². The maximum absolute atomic E-state index is 12.4. The molecular weight excluding hydrogens is 324 g/mol. The number of methoxy groups -OCH3 is 2. The van der Waals surface area contributed by atoms with Crippen molar-refractivity contribution in [3.05, 3.63) is 34.5 Å². The number of anilines is 1. The monoisotopic (exact) mass is 346 g/mol. The lowest BCUT2D eigenvalue weighted by Crippen LogP contribution is -2.30. The first kappa shape index (κ1) is 17.1. The predicted octanol–water partition coefficient (Wildman–Crippen LogP) is 1.43. The van der Waals surface area contributed by atoms with Crippen molar-refractivity contribution < 1.29 is 14.3 Å². The van der Waals surface area contributed by atoms with Crippen LogP contribution in [0.1, 0.15) is 25.1 Å². The molecule has 0 unspecified atom stereocenters. The Hall–Kier alpha value is -2.77. The van der Waals surface area contributed by atoms with E-state index in [4.69, 9.17) is 9.47 Å². The molecule has 0 radical (unpaired) electrons. The molecule has 0 saturated heterocycles. The van der Waals surface area contributed by atoms with Crippen molar-refractivity contribution in [3.63, 3.8) is 0 Å². The summed E-state index contributed by atoms with van der Waals surface area (Å²) in [6.45, 7) is 0.543. The molecule has 134 valence electrons. The van der Waals surface area contributed by atoms with Gasteiger partial charge in [-0.05, 0) is 12.8 Å². The van der Waals surface area contributed by atoms with E-state index in [2.05, 4.69) is 10.4 Å². The van der Waals surface area contributed by atoms with Crippen molar-refractivity contribution in [3.8, 4) is 11.5 Å². The number of hydrogen-bond donors (Lipinski definition) is 1. The van der Waals surface area contributed by atoms with Crippen molar-refractivity contribution in [1.29, 1.82) is 0 Å². The number of carbonyl (C=O) groups excluding carboxylic acids is 1. The minimum atomic E-state index is -0.328. The highest BCUT2D eigenvalue weighted by Gasteiger charge is 2.17. The molecule has 8 heteroatoms. The number of benzene rings is 1. The summed E-state index contributed by atoms with van der Waals surface area (Å²) in [5.74, 6) is 1.57. The van der Waals surface area contributed by atoms with E-state index in [1.165, 1.54) is 18.9 Å². The first-order chi connectivity index (χ1) is 12.1. The minimum Gasteiger partial charge on any atom is -0.497 e. The van der Waals surface area contributed by atoms with E-state index >= 15 is 0 Å². The number of aryl methyl sites for hydroxylation is 1. The van der Waals surface area contributed by atoms with Gasteiger partial charge in [-0.3, -0.25) is 9.36 Å². The molecule has 0 aliphatic carbocycles. The molecule has 25 heavy (non-hydrogen) atoms. The second-order valence-corrected chi connectivity index (χ2v) is 5.97. The first-order valence-corrected chi connectivity index (χ1v) is 8.30. The highest BCUT2D eigenvalue weighted by atomic mass is 16.5. The number of hydrogen-bond acceptors (Lipinski definition) is 5. The van der Waals surface area contributed by atoms with Crippen LogP contribution >= 0.6 is 0 Å². The second kappa shape index (κ2) is 7.42. The van der Waals surface area contributed by atoms with Gasteiger partial charge >= 0.3 is 5.69 Å². The molecule has 1 amide bonds. The van der Waals surface area contributed by atoms with Gasteiger partial charge in [0, 0.05) is 36.9 Å². The van der Waals surface area contributed by atoms with Crippen molar-refractivity contribution in [1.82, 2.24) is 14.3 Å². The minimum absolute atomic E-state index is 0.127. The van der Waals surface area contributed by atoms with Gasteiger partial charge in [-0.1, -0.05) is 6.42 Å². The van der Waals surface area contributed by atoms with Crippen molar-refractivity contribution >= 4 is 11.6 Å². The number of rotatable bonds is 5. The summed E-state index contributed by atoms with van der Waals surface area (Å²) < 4.78 is 13.3. The van der Waals surface area contributed by atoms with Gasteiger partial charge in [-0.15, -0.1) is 0 Å². The smallest absolute Gasteiger partial charge is 0.346 e. The van der Waals surface area contributed by atoms with Gasteiger partial charge in [-0.25, -0.2) is 9.48 Å². The second-order valence-electron chi connectivity index (χ2n) is 5.97. The van der Waals surface area contributed by atoms with E-state index in [1.54, 1.807) is 22.8 Å². The molecule has 0 spiro atoms. The van der Waals surface area contributed by atoms with Crippen LogP contribution in [0, 0.1) is 0 Å².